The van der Waals surface area contributed by atoms with Crippen LogP contribution in [0.2, 0.25) is 0 Å². The van der Waals surface area contributed by atoms with Gasteiger partial charge in [-0.25, -0.2) is 4.98 Å². The van der Waals surface area contributed by atoms with Crippen molar-refractivity contribution in [3.8, 4) is 0 Å². The van der Waals surface area contributed by atoms with Gasteiger partial charge in [0.15, 0.2) is 0 Å². The van der Waals surface area contributed by atoms with Gasteiger partial charge in [-0.2, -0.15) is 0 Å². The molecule has 3 N–H and O–H groups in total. The van der Waals surface area contributed by atoms with Crippen molar-refractivity contribution >= 4 is 11.5 Å². The molecule has 88 valence electrons. The number of rotatable bonds is 2. The van der Waals surface area contributed by atoms with Crippen molar-refractivity contribution in [2.75, 3.05) is 11.1 Å². The summed E-state index contributed by atoms with van der Waals surface area (Å²) >= 11 is 0. The summed E-state index contributed by atoms with van der Waals surface area (Å²) in [7, 11) is 0. The molecule has 0 saturated heterocycles. The molecular weight excluding hydrogens is 198 g/mol. The van der Waals surface area contributed by atoms with Crippen LogP contribution in [0.4, 0.5) is 11.5 Å². The summed E-state index contributed by atoms with van der Waals surface area (Å²) in [6.07, 6.45) is 6.89. The molecule has 0 amide bonds. The second kappa shape index (κ2) is 4.32. The van der Waals surface area contributed by atoms with Crippen molar-refractivity contribution in [2.24, 2.45) is 5.41 Å². The Bertz CT molecular complexity index is 360. The van der Waals surface area contributed by atoms with Crippen LogP contribution in [0.15, 0.2) is 18.3 Å². The zero-order valence-electron chi connectivity index (χ0n) is 10.2. The maximum atomic E-state index is 5.67. The Morgan fingerprint density at radius 1 is 1.50 bits per heavy atom. The first kappa shape index (κ1) is 11.2. The predicted octanol–water partition coefficient (Wildman–Crippen LogP) is 3.04. The van der Waals surface area contributed by atoms with Crippen LogP contribution in [-0.2, 0) is 0 Å². The summed E-state index contributed by atoms with van der Waals surface area (Å²) < 4.78 is 0. The van der Waals surface area contributed by atoms with Gasteiger partial charge in [0.05, 0.1) is 0 Å². The smallest absolute Gasteiger partial charge is 0.125 e. The fourth-order valence-corrected chi connectivity index (χ4v) is 2.60. The molecule has 1 saturated carbocycles. The Kier molecular flexibility index (Phi) is 3.03. The monoisotopic (exact) mass is 219 g/mol. The lowest BCUT2D eigenvalue weighted by Gasteiger charge is -2.36. The fourth-order valence-electron chi connectivity index (χ4n) is 2.60. The first-order valence-electron chi connectivity index (χ1n) is 6.03. The second-order valence-electron chi connectivity index (χ2n) is 5.57. The maximum Gasteiger partial charge on any atom is 0.125 e. The zero-order valence-corrected chi connectivity index (χ0v) is 10.2. The van der Waals surface area contributed by atoms with Gasteiger partial charge in [0.1, 0.15) is 5.82 Å². The first-order valence-corrected chi connectivity index (χ1v) is 6.03. The molecule has 2 rings (SSSR count). The van der Waals surface area contributed by atoms with Gasteiger partial charge in [-0.15, -0.1) is 0 Å². The number of pyridine rings is 1. The summed E-state index contributed by atoms with van der Waals surface area (Å²) in [6, 6.07) is 4.46. The lowest BCUT2D eigenvalue weighted by Crippen LogP contribution is -2.31. The quantitative estimate of drug-likeness (QED) is 0.803. The third-order valence-electron chi connectivity index (χ3n) is 3.36. The van der Waals surface area contributed by atoms with Gasteiger partial charge in [0, 0.05) is 24.0 Å². The molecule has 1 heterocycles. The van der Waals surface area contributed by atoms with Gasteiger partial charge < -0.3 is 11.1 Å². The molecule has 1 fully saturated rings. The van der Waals surface area contributed by atoms with Crippen LogP contribution in [0.3, 0.4) is 0 Å². The van der Waals surface area contributed by atoms with Crippen LogP contribution < -0.4 is 11.1 Å². The molecule has 3 heteroatoms. The highest BCUT2D eigenvalue weighted by Gasteiger charge is 2.27. The van der Waals surface area contributed by atoms with Crippen molar-refractivity contribution in [3.05, 3.63) is 18.3 Å². The largest absolute Gasteiger partial charge is 0.384 e. The highest BCUT2D eigenvalue weighted by molar-refractivity contribution is 5.50. The predicted molar refractivity (Wildman–Crippen MR) is 68.3 cm³/mol. The number of nitrogens with zero attached hydrogens (tertiary/aromatic N) is 1. The molecule has 0 aromatic carbocycles. The average molecular weight is 219 g/mol. The van der Waals surface area contributed by atoms with E-state index in [1.807, 2.05) is 12.1 Å². The van der Waals surface area contributed by atoms with Crippen LogP contribution in [0.5, 0.6) is 0 Å². The molecule has 0 radical (unpaired) electrons. The number of aromatic nitrogens is 1. The molecule has 1 atom stereocenters. The first-order chi connectivity index (χ1) is 7.55. The van der Waals surface area contributed by atoms with E-state index in [-0.39, 0.29) is 0 Å². The van der Waals surface area contributed by atoms with E-state index >= 15 is 0 Å². The van der Waals surface area contributed by atoms with Gasteiger partial charge in [-0.1, -0.05) is 20.3 Å². The Hall–Kier alpha value is -1.25. The van der Waals surface area contributed by atoms with Crippen LogP contribution in [0.1, 0.15) is 39.5 Å². The van der Waals surface area contributed by atoms with Gasteiger partial charge in [0.25, 0.3) is 0 Å². The van der Waals surface area contributed by atoms with Crippen molar-refractivity contribution in [1.29, 1.82) is 0 Å². The summed E-state index contributed by atoms with van der Waals surface area (Å²) in [5.74, 6) is 0.583. The van der Waals surface area contributed by atoms with E-state index in [4.69, 9.17) is 5.73 Å². The Balaban J connectivity index is 1.99. The van der Waals surface area contributed by atoms with Gasteiger partial charge >= 0.3 is 0 Å². The molecule has 3 nitrogen and oxygen atoms in total. The Morgan fingerprint density at radius 3 is 3.00 bits per heavy atom. The summed E-state index contributed by atoms with van der Waals surface area (Å²) in [6.45, 7) is 4.70. The lowest BCUT2D eigenvalue weighted by atomic mass is 9.75. The van der Waals surface area contributed by atoms with Crippen LogP contribution in [0, 0.1) is 5.41 Å². The number of hydrogen-bond acceptors (Lipinski definition) is 3. The summed E-state index contributed by atoms with van der Waals surface area (Å²) in [5.41, 5.74) is 7.23. The standard InChI is InChI=1S/C13H21N3/c1-13(2)6-3-4-11(9-13)16-10-5-7-15-12(14)8-10/h5,7-8,11H,3-4,6,9H2,1-2H3,(H3,14,15,16). The van der Waals surface area contributed by atoms with Crippen LogP contribution >= 0.6 is 0 Å². The molecule has 1 unspecified atom stereocenters. The van der Waals surface area contributed by atoms with Gasteiger partial charge in [-0.05, 0) is 30.7 Å². The third kappa shape index (κ3) is 2.87. The summed E-state index contributed by atoms with van der Waals surface area (Å²) in [4.78, 5) is 4.00. The minimum atomic E-state index is 0.467. The molecule has 1 aliphatic carbocycles. The number of nitrogen functional groups attached to an aromatic ring is 1. The summed E-state index contributed by atoms with van der Waals surface area (Å²) in [5, 5.41) is 3.56. The highest BCUT2D eigenvalue weighted by atomic mass is 14.9. The molecule has 0 spiro atoms. The van der Waals surface area contributed by atoms with Crippen molar-refractivity contribution in [3.63, 3.8) is 0 Å². The molecule has 0 aliphatic heterocycles. The second-order valence-corrected chi connectivity index (χ2v) is 5.57. The molecule has 1 aromatic rings. The maximum absolute atomic E-state index is 5.67. The normalized spacial score (nSPS) is 24.0. The molecule has 1 aromatic heterocycles. The molecular formula is C13H21N3. The van der Waals surface area contributed by atoms with E-state index in [0.717, 1.165) is 5.69 Å². The Morgan fingerprint density at radius 2 is 2.31 bits per heavy atom. The van der Waals surface area contributed by atoms with Crippen molar-refractivity contribution < 1.29 is 0 Å². The van der Waals surface area contributed by atoms with E-state index in [1.165, 1.54) is 25.7 Å². The fraction of sp³-hybridized carbons (Fsp3) is 0.615. The van der Waals surface area contributed by atoms with E-state index < -0.39 is 0 Å². The van der Waals surface area contributed by atoms with Crippen molar-refractivity contribution in [2.45, 2.75) is 45.6 Å². The van der Waals surface area contributed by atoms with E-state index in [9.17, 15) is 0 Å². The van der Waals surface area contributed by atoms with E-state index in [2.05, 4.69) is 24.1 Å². The Labute approximate surface area is 97.5 Å². The van der Waals surface area contributed by atoms with Gasteiger partial charge in [0.2, 0.25) is 0 Å². The number of anilines is 2. The van der Waals surface area contributed by atoms with E-state index in [1.54, 1.807) is 6.20 Å². The number of nitrogens with two attached hydrogens (primary N) is 1. The SMILES string of the molecule is CC1(C)CCCC(Nc2ccnc(N)c2)C1. The average Bonchev–Trinajstić information content (AvgIpc) is 2.15. The lowest BCUT2D eigenvalue weighted by molar-refractivity contribution is 0.229. The third-order valence-corrected chi connectivity index (χ3v) is 3.36. The molecule has 0 bridgehead atoms. The number of hydrogen-bond donors (Lipinski definition) is 2. The highest BCUT2D eigenvalue weighted by Crippen LogP contribution is 2.36. The minimum Gasteiger partial charge on any atom is -0.384 e. The van der Waals surface area contributed by atoms with Crippen LogP contribution in [0.25, 0.3) is 0 Å². The minimum absolute atomic E-state index is 0.467. The topological polar surface area (TPSA) is 50.9 Å². The molecule has 1 aliphatic rings. The molecule has 16 heavy (non-hydrogen) atoms. The number of nitrogens with one attached hydrogen (secondary N) is 1. The van der Waals surface area contributed by atoms with Crippen molar-refractivity contribution in [1.82, 2.24) is 4.98 Å². The van der Waals surface area contributed by atoms with Crippen LogP contribution in [-0.4, -0.2) is 11.0 Å². The van der Waals surface area contributed by atoms with Gasteiger partial charge in [-0.3, -0.25) is 0 Å². The van der Waals surface area contributed by atoms with E-state index in [0.29, 0.717) is 17.3 Å². The zero-order chi connectivity index (χ0) is 11.6.